The van der Waals surface area contributed by atoms with Gasteiger partial charge in [-0.05, 0) is 52.4 Å². The van der Waals surface area contributed by atoms with Crippen LogP contribution < -0.4 is 0 Å². The van der Waals surface area contributed by atoms with Crippen molar-refractivity contribution >= 4 is 12.0 Å². The molecule has 0 N–H and O–H groups in total. The van der Waals surface area contributed by atoms with E-state index in [0.717, 1.165) is 31.7 Å². The van der Waals surface area contributed by atoms with E-state index in [2.05, 4.69) is 4.90 Å². The normalized spacial score (nSPS) is 27.8. The molecule has 5 nitrogen and oxygen atoms in total. The second-order valence-corrected chi connectivity index (χ2v) is 9.48. The molecular formula is C21H36N2O3. The molecule has 3 rings (SSSR count). The average Bonchev–Trinajstić information content (AvgIpc) is 3.23. The first-order valence-corrected chi connectivity index (χ1v) is 10.6. The summed E-state index contributed by atoms with van der Waals surface area (Å²) in [7, 11) is 0. The van der Waals surface area contributed by atoms with Gasteiger partial charge in [0.15, 0.2) is 0 Å². The van der Waals surface area contributed by atoms with Crippen LogP contribution in [0.1, 0.15) is 78.6 Å². The number of rotatable bonds is 3. The average molecular weight is 365 g/mol. The molecule has 0 bridgehead atoms. The van der Waals surface area contributed by atoms with Gasteiger partial charge in [0.05, 0.1) is 5.92 Å². The molecule has 3 aliphatic rings. The highest BCUT2D eigenvalue weighted by Gasteiger charge is 2.39. The van der Waals surface area contributed by atoms with Gasteiger partial charge in [-0.3, -0.25) is 4.79 Å². The molecule has 0 aromatic carbocycles. The van der Waals surface area contributed by atoms with Gasteiger partial charge in [-0.2, -0.15) is 0 Å². The third-order valence-corrected chi connectivity index (χ3v) is 6.18. The van der Waals surface area contributed by atoms with E-state index in [9.17, 15) is 9.59 Å². The molecule has 0 radical (unpaired) electrons. The number of ether oxygens (including phenoxy) is 1. The van der Waals surface area contributed by atoms with Gasteiger partial charge >= 0.3 is 6.09 Å². The number of hydrogen-bond acceptors (Lipinski definition) is 3. The molecule has 0 aromatic rings. The number of nitrogens with zero attached hydrogens (tertiary/aromatic N) is 2. The second-order valence-electron chi connectivity index (χ2n) is 9.48. The summed E-state index contributed by atoms with van der Waals surface area (Å²) in [6, 6.07) is 0.432. The Hall–Kier alpha value is -1.26. The van der Waals surface area contributed by atoms with Crippen molar-refractivity contribution in [1.82, 2.24) is 9.80 Å². The van der Waals surface area contributed by atoms with Crippen LogP contribution in [-0.4, -0.2) is 53.1 Å². The summed E-state index contributed by atoms with van der Waals surface area (Å²) in [4.78, 5) is 29.2. The molecule has 2 saturated heterocycles. The topological polar surface area (TPSA) is 49.9 Å². The van der Waals surface area contributed by atoms with Crippen LogP contribution in [0, 0.1) is 11.8 Å². The van der Waals surface area contributed by atoms with E-state index < -0.39 is 5.60 Å². The van der Waals surface area contributed by atoms with E-state index in [1.807, 2.05) is 20.8 Å². The van der Waals surface area contributed by atoms with Gasteiger partial charge in [0.1, 0.15) is 5.60 Å². The molecule has 2 heterocycles. The number of carbonyl (C=O) groups excluding carboxylic acids is 2. The quantitative estimate of drug-likeness (QED) is 0.754. The van der Waals surface area contributed by atoms with Crippen molar-refractivity contribution in [3.63, 3.8) is 0 Å². The Labute approximate surface area is 158 Å². The Morgan fingerprint density at radius 1 is 0.962 bits per heavy atom. The van der Waals surface area contributed by atoms with Crippen LogP contribution in [0.2, 0.25) is 0 Å². The maximum atomic E-state index is 13.1. The molecule has 2 aliphatic heterocycles. The number of hydrogen-bond donors (Lipinski definition) is 0. The summed E-state index contributed by atoms with van der Waals surface area (Å²) in [5, 5.41) is 0. The predicted molar refractivity (Wildman–Crippen MR) is 102 cm³/mol. The van der Waals surface area contributed by atoms with Crippen LogP contribution in [-0.2, 0) is 9.53 Å². The maximum Gasteiger partial charge on any atom is 0.410 e. The Bertz CT molecular complexity index is 508. The first-order chi connectivity index (χ1) is 12.3. The monoisotopic (exact) mass is 364 g/mol. The Kier molecular flexibility index (Phi) is 6.13. The Morgan fingerprint density at radius 2 is 1.69 bits per heavy atom. The highest BCUT2D eigenvalue weighted by molar-refractivity contribution is 5.81. The first-order valence-electron chi connectivity index (χ1n) is 10.6. The molecular weight excluding hydrogens is 328 g/mol. The minimum absolute atomic E-state index is 0.0468. The van der Waals surface area contributed by atoms with Crippen LogP contribution in [0.3, 0.4) is 0 Å². The molecule has 26 heavy (non-hydrogen) atoms. The van der Waals surface area contributed by atoms with Crippen molar-refractivity contribution in [3.8, 4) is 0 Å². The van der Waals surface area contributed by atoms with Crippen LogP contribution in [0.15, 0.2) is 0 Å². The molecule has 2 amide bonds. The van der Waals surface area contributed by atoms with E-state index in [4.69, 9.17) is 4.74 Å². The molecule has 148 valence electrons. The Morgan fingerprint density at radius 3 is 2.38 bits per heavy atom. The molecule has 0 aromatic heterocycles. The molecule has 3 fully saturated rings. The van der Waals surface area contributed by atoms with E-state index >= 15 is 0 Å². The zero-order valence-electron chi connectivity index (χ0n) is 16.8. The lowest BCUT2D eigenvalue weighted by molar-refractivity contribution is -0.136. The molecule has 2 atom stereocenters. The van der Waals surface area contributed by atoms with Crippen molar-refractivity contribution in [2.45, 2.75) is 90.2 Å². The standard InChI is InChI=1S/C21H36N2O3/c1-21(2,3)26-20(25)22-13-11-17(15-22)19(24)23-12-7-10-18(23)14-16-8-5-4-6-9-16/h16-18H,4-15H2,1-3H3. The molecule has 1 saturated carbocycles. The van der Waals surface area contributed by atoms with Gasteiger partial charge in [-0.15, -0.1) is 0 Å². The summed E-state index contributed by atoms with van der Waals surface area (Å²) in [6.07, 6.45) is 10.7. The minimum atomic E-state index is -0.487. The zero-order chi connectivity index (χ0) is 18.7. The lowest BCUT2D eigenvalue weighted by Crippen LogP contribution is -2.42. The van der Waals surface area contributed by atoms with Crippen LogP contribution >= 0.6 is 0 Å². The van der Waals surface area contributed by atoms with E-state index in [1.165, 1.54) is 38.5 Å². The third-order valence-electron chi connectivity index (χ3n) is 6.18. The van der Waals surface area contributed by atoms with Crippen molar-refractivity contribution in [2.75, 3.05) is 19.6 Å². The summed E-state index contributed by atoms with van der Waals surface area (Å²) in [6.45, 7) is 7.68. The van der Waals surface area contributed by atoms with E-state index in [1.54, 1.807) is 4.90 Å². The summed E-state index contributed by atoms with van der Waals surface area (Å²) >= 11 is 0. The largest absolute Gasteiger partial charge is 0.444 e. The highest BCUT2D eigenvalue weighted by Crippen LogP contribution is 2.33. The van der Waals surface area contributed by atoms with E-state index in [-0.39, 0.29) is 17.9 Å². The van der Waals surface area contributed by atoms with E-state index in [0.29, 0.717) is 19.1 Å². The Balaban J connectivity index is 1.52. The summed E-state index contributed by atoms with van der Waals surface area (Å²) in [5.74, 6) is 1.04. The fourth-order valence-electron chi connectivity index (χ4n) is 4.87. The van der Waals surface area contributed by atoms with Gasteiger partial charge in [0.2, 0.25) is 5.91 Å². The zero-order valence-corrected chi connectivity index (χ0v) is 16.8. The van der Waals surface area contributed by atoms with Gasteiger partial charge < -0.3 is 14.5 Å². The second kappa shape index (κ2) is 8.18. The van der Waals surface area contributed by atoms with Crippen molar-refractivity contribution < 1.29 is 14.3 Å². The smallest absolute Gasteiger partial charge is 0.410 e. The van der Waals surface area contributed by atoms with Crippen LogP contribution in [0.4, 0.5) is 4.79 Å². The lowest BCUT2D eigenvalue weighted by atomic mass is 9.84. The number of likely N-dealkylation sites (tertiary alicyclic amines) is 2. The predicted octanol–water partition coefficient (Wildman–Crippen LogP) is 4.20. The van der Waals surface area contributed by atoms with Crippen molar-refractivity contribution in [1.29, 1.82) is 0 Å². The SMILES string of the molecule is CC(C)(C)OC(=O)N1CCC(C(=O)N2CCCC2CC2CCCCC2)C1. The van der Waals surface area contributed by atoms with Crippen LogP contribution in [0.25, 0.3) is 0 Å². The molecule has 0 spiro atoms. The molecule has 1 aliphatic carbocycles. The van der Waals surface area contributed by atoms with Crippen molar-refractivity contribution in [2.24, 2.45) is 11.8 Å². The lowest BCUT2D eigenvalue weighted by Gasteiger charge is -2.31. The summed E-state index contributed by atoms with van der Waals surface area (Å²) < 4.78 is 5.46. The van der Waals surface area contributed by atoms with Crippen molar-refractivity contribution in [3.05, 3.63) is 0 Å². The van der Waals surface area contributed by atoms with Gasteiger partial charge in [0.25, 0.3) is 0 Å². The fourth-order valence-corrected chi connectivity index (χ4v) is 4.87. The highest BCUT2D eigenvalue weighted by atomic mass is 16.6. The molecule has 2 unspecified atom stereocenters. The number of amides is 2. The van der Waals surface area contributed by atoms with Gasteiger partial charge in [-0.1, -0.05) is 32.1 Å². The fraction of sp³-hybridized carbons (Fsp3) is 0.905. The van der Waals surface area contributed by atoms with Gasteiger partial charge in [-0.25, -0.2) is 4.79 Å². The minimum Gasteiger partial charge on any atom is -0.444 e. The first kappa shape index (κ1) is 19.5. The maximum absolute atomic E-state index is 13.1. The van der Waals surface area contributed by atoms with Gasteiger partial charge in [0, 0.05) is 25.7 Å². The third kappa shape index (κ3) is 4.92. The van der Waals surface area contributed by atoms with Crippen LogP contribution in [0.5, 0.6) is 0 Å². The number of carbonyl (C=O) groups is 2. The molecule has 5 heteroatoms. The summed E-state index contributed by atoms with van der Waals surface area (Å²) in [5.41, 5.74) is -0.487.